The van der Waals surface area contributed by atoms with Gasteiger partial charge in [0, 0.05) is 13.6 Å². The number of nitrogens with zero attached hydrogens (tertiary/aromatic N) is 4. The number of rotatable bonds is 6. The Morgan fingerprint density at radius 1 is 1.38 bits per heavy atom. The van der Waals surface area contributed by atoms with Gasteiger partial charge in [0.2, 0.25) is 11.2 Å². The summed E-state index contributed by atoms with van der Waals surface area (Å²) in [6, 6.07) is 0.232. The summed E-state index contributed by atoms with van der Waals surface area (Å²) in [6.07, 6.45) is 0.999. The molecule has 16 heavy (non-hydrogen) atoms. The molecule has 0 aliphatic carbocycles. The second-order valence-corrected chi connectivity index (χ2v) is 3.61. The van der Waals surface area contributed by atoms with Crippen molar-refractivity contribution in [3.05, 3.63) is 5.28 Å². The highest BCUT2D eigenvalue weighted by Crippen LogP contribution is 2.13. The van der Waals surface area contributed by atoms with E-state index in [4.69, 9.17) is 16.3 Å². The molecule has 6 nitrogen and oxygen atoms in total. The summed E-state index contributed by atoms with van der Waals surface area (Å²) in [7, 11) is 5.32. The summed E-state index contributed by atoms with van der Waals surface area (Å²) in [6.45, 7) is 1.78. The SMILES string of the molecule is CNCCCN(C)c1nc(Cl)nc(OC)n1. The zero-order chi connectivity index (χ0) is 12.0. The average molecular weight is 246 g/mol. The molecule has 0 bridgehead atoms. The molecule has 0 fully saturated rings. The Morgan fingerprint density at radius 2 is 2.12 bits per heavy atom. The van der Waals surface area contributed by atoms with Gasteiger partial charge in [0.1, 0.15) is 0 Å². The molecule has 1 N–H and O–H groups in total. The minimum Gasteiger partial charge on any atom is -0.467 e. The van der Waals surface area contributed by atoms with Crippen molar-refractivity contribution in [2.24, 2.45) is 0 Å². The van der Waals surface area contributed by atoms with Gasteiger partial charge in [-0.25, -0.2) is 0 Å². The molecule has 0 unspecified atom stereocenters. The van der Waals surface area contributed by atoms with Crippen molar-refractivity contribution in [1.82, 2.24) is 20.3 Å². The monoisotopic (exact) mass is 245 g/mol. The maximum absolute atomic E-state index is 5.75. The third kappa shape index (κ3) is 3.79. The van der Waals surface area contributed by atoms with Crippen LogP contribution in [-0.4, -0.2) is 49.2 Å². The number of halogens is 1. The largest absolute Gasteiger partial charge is 0.467 e. The summed E-state index contributed by atoms with van der Waals surface area (Å²) in [5, 5.41) is 3.22. The van der Waals surface area contributed by atoms with Crippen molar-refractivity contribution in [2.45, 2.75) is 6.42 Å². The van der Waals surface area contributed by atoms with E-state index in [1.165, 1.54) is 7.11 Å². The first-order chi connectivity index (χ1) is 7.67. The Balaban J connectivity index is 2.66. The van der Waals surface area contributed by atoms with Crippen molar-refractivity contribution in [2.75, 3.05) is 39.2 Å². The van der Waals surface area contributed by atoms with Crippen LogP contribution < -0.4 is 15.0 Å². The number of methoxy groups -OCH3 is 1. The van der Waals surface area contributed by atoms with E-state index in [-0.39, 0.29) is 11.3 Å². The molecule has 0 aliphatic rings. The Hall–Kier alpha value is -1.14. The van der Waals surface area contributed by atoms with Crippen LogP contribution in [0.2, 0.25) is 5.28 Å². The van der Waals surface area contributed by atoms with Gasteiger partial charge in [-0.1, -0.05) is 0 Å². The fraction of sp³-hybridized carbons (Fsp3) is 0.667. The number of anilines is 1. The average Bonchev–Trinajstić information content (AvgIpc) is 2.28. The maximum atomic E-state index is 5.75. The molecule has 7 heteroatoms. The molecule has 1 aromatic heterocycles. The minimum absolute atomic E-state index is 0.141. The van der Waals surface area contributed by atoms with Gasteiger partial charge in [-0.2, -0.15) is 15.0 Å². The van der Waals surface area contributed by atoms with Crippen molar-refractivity contribution in [1.29, 1.82) is 0 Å². The number of aromatic nitrogens is 3. The van der Waals surface area contributed by atoms with Crippen molar-refractivity contribution >= 4 is 17.5 Å². The van der Waals surface area contributed by atoms with Crippen LogP contribution >= 0.6 is 11.6 Å². The molecule has 0 radical (unpaired) electrons. The molecule has 0 aromatic carbocycles. The quantitative estimate of drug-likeness (QED) is 0.740. The molecule has 1 rings (SSSR count). The summed E-state index contributed by atoms with van der Waals surface area (Å²) in [5.41, 5.74) is 0. The molecule has 0 atom stereocenters. The second kappa shape index (κ2) is 6.44. The highest BCUT2D eigenvalue weighted by Gasteiger charge is 2.08. The molecule has 0 saturated carbocycles. The predicted octanol–water partition coefficient (Wildman–Crippen LogP) is 0.579. The Labute approximate surface area is 100 Å². The standard InChI is InChI=1S/C9H16ClN5O/c1-11-5-4-6-15(2)8-12-7(10)13-9(14-8)16-3/h11H,4-6H2,1-3H3. The first-order valence-electron chi connectivity index (χ1n) is 4.98. The van der Waals surface area contributed by atoms with Gasteiger partial charge in [0.05, 0.1) is 7.11 Å². The Morgan fingerprint density at radius 3 is 2.75 bits per heavy atom. The van der Waals surface area contributed by atoms with Crippen LogP contribution in [-0.2, 0) is 0 Å². The smallest absolute Gasteiger partial charge is 0.322 e. The van der Waals surface area contributed by atoms with E-state index in [9.17, 15) is 0 Å². The molecule has 0 aliphatic heterocycles. The third-order valence-corrected chi connectivity index (χ3v) is 2.19. The molecule has 1 aromatic rings. The van der Waals surface area contributed by atoms with Gasteiger partial charge in [-0.05, 0) is 31.6 Å². The van der Waals surface area contributed by atoms with Crippen molar-refractivity contribution in [3.63, 3.8) is 0 Å². The second-order valence-electron chi connectivity index (χ2n) is 3.27. The van der Waals surface area contributed by atoms with E-state index in [1.807, 2.05) is 19.0 Å². The fourth-order valence-corrected chi connectivity index (χ4v) is 1.32. The summed E-state index contributed by atoms with van der Waals surface area (Å²) >= 11 is 5.75. The normalized spacial score (nSPS) is 10.2. The number of ether oxygens (including phenoxy) is 1. The molecular formula is C9H16ClN5O. The van der Waals surface area contributed by atoms with Gasteiger partial charge in [-0.3, -0.25) is 0 Å². The zero-order valence-electron chi connectivity index (χ0n) is 9.70. The number of hydrogen-bond donors (Lipinski definition) is 1. The Bertz CT molecular complexity index is 336. The van der Waals surface area contributed by atoms with Crippen LogP contribution in [0.15, 0.2) is 0 Å². The minimum atomic E-state index is 0.141. The van der Waals surface area contributed by atoms with Crippen LogP contribution in [0.1, 0.15) is 6.42 Å². The lowest BCUT2D eigenvalue weighted by Crippen LogP contribution is -2.24. The van der Waals surface area contributed by atoms with Crippen LogP contribution in [0, 0.1) is 0 Å². The van der Waals surface area contributed by atoms with Crippen LogP contribution in [0.3, 0.4) is 0 Å². The topological polar surface area (TPSA) is 63.2 Å². The van der Waals surface area contributed by atoms with E-state index in [1.54, 1.807) is 0 Å². The molecule has 0 spiro atoms. The number of hydrogen-bond acceptors (Lipinski definition) is 6. The lowest BCUT2D eigenvalue weighted by molar-refractivity contribution is 0.378. The van der Waals surface area contributed by atoms with E-state index >= 15 is 0 Å². The molecule has 1 heterocycles. The summed E-state index contributed by atoms with van der Waals surface area (Å²) in [4.78, 5) is 13.9. The van der Waals surface area contributed by atoms with Gasteiger partial charge < -0.3 is 15.0 Å². The van der Waals surface area contributed by atoms with Crippen LogP contribution in [0.25, 0.3) is 0 Å². The third-order valence-electron chi connectivity index (χ3n) is 2.02. The maximum Gasteiger partial charge on any atom is 0.322 e. The lowest BCUT2D eigenvalue weighted by atomic mass is 10.4. The van der Waals surface area contributed by atoms with E-state index in [0.717, 1.165) is 19.5 Å². The lowest BCUT2D eigenvalue weighted by Gasteiger charge is -2.16. The van der Waals surface area contributed by atoms with Gasteiger partial charge >= 0.3 is 6.01 Å². The highest BCUT2D eigenvalue weighted by molar-refractivity contribution is 6.28. The van der Waals surface area contributed by atoms with E-state index < -0.39 is 0 Å². The van der Waals surface area contributed by atoms with E-state index in [0.29, 0.717) is 5.95 Å². The molecule has 0 amide bonds. The first-order valence-corrected chi connectivity index (χ1v) is 5.36. The van der Waals surface area contributed by atoms with Crippen LogP contribution in [0.4, 0.5) is 5.95 Å². The van der Waals surface area contributed by atoms with Gasteiger partial charge in [-0.15, -0.1) is 0 Å². The molecule has 90 valence electrons. The van der Waals surface area contributed by atoms with Gasteiger partial charge in [0.15, 0.2) is 0 Å². The fourth-order valence-electron chi connectivity index (χ4n) is 1.18. The molecular weight excluding hydrogens is 230 g/mol. The highest BCUT2D eigenvalue weighted by atomic mass is 35.5. The molecule has 0 saturated heterocycles. The summed E-state index contributed by atoms with van der Waals surface area (Å²) < 4.78 is 4.93. The number of nitrogens with one attached hydrogen (secondary N) is 1. The van der Waals surface area contributed by atoms with Crippen molar-refractivity contribution < 1.29 is 4.74 Å². The van der Waals surface area contributed by atoms with E-state index in [2.05, 4.69) is 20.3 Å². The zero-order valence-corrected chi connectivity index (χ0v) is 10.5. The van der Waals surface area contributed by atoms with Gasteiger partial charge in [0.25, 0.3) is 0 Å². The summed E-state index contributed by atoms with van der Waals surface area (Å²) in [5.74, 6) is 0.521. The Kier molecular flexibility index (Phi) is 5.21. The predicted molar refractivity (Wildman–Crippen MR) is 63.2 cm³/mol. The van der Waals surface area contributed by atoms with Crippen LogP contribution in [0.5, 0.6) is 6.01 Å². The van der Waals surface area contributed by atoms with Crippen molar-refractivity contribution in [3.8, 4) is 6.01 Å². The first kappa shape index (κ1) is 12.9.